The van der Waals surface area contributed by atoms with Crippen LogP contribution in [0.25, 0.3) is 0 Å². The predicted octanol–water partition coefficient (Wildman–Crippen LogP) is 2.93. The monoisotopic (exact) mass is 253 g/mol. The predicted molar refractivity (Wildman–Crippen MR) is 68.9 cm³/mol. The summed E-state index contributed by atoms with van der Waals surface area (Å²) < 4.78 is 12.9. The molecular formula is C14H20FNO2. The quantitative estimate of drug-likeness (QED) is 0.847. The molecule has 1 N–H and O–H groups in total. The molecule has 0 bridgehead atoms. The van der Waals surface area contributed by atoms with Gasteiger partial charge in [0.1, 0.15) is 5.82 Å². The zero-order valence-corrected chi connectivity index (χ0v) is 11.1. The second kappa shape index (κ2) is 6.50. The molecule has 1 aromatic carbocycles. The molecule has 0 fully saturated rings. The first kappa shape index (κ1) is 14.6. The maximum absolute atomic E-state index is 12.9. The number of hydrogen-bond acceptors (Lipinski definition) is 2. The van der Waals surface area contributed by atoms with Gasteiger partial charge in [0.05, 0.1) is 6.54 Å². The number of benzene rings is 1. The van der Waals surface area contributed by atoms with Crippen molar-refractivity contribution in [1.82, 2.24) is 4.90 Å². The van der Waals surface area contributed by atoms with Crippen LogP contribution in [-0.2, 0) is 4.79 Å². The van der Waals surface area contributed by atoms with Crippen molar-refractivity contribution in [2.45, 2.75) is 26.8 Å². The van der Waals surface area contributed by atoms with Gasteiger partial charge in [-0.05, 0) is 30.5 Å². The van der Waals surface area contributed by atoms with E-state index in [1.807, 2.05) is 25.7 Å². The molecule has 3 nitrogen and oxygen atoms in total. The lowest BCUT2D eigenvalue weighted by molar-refractivity contribution is -0.139. The fraction of sp³-hybridized carbons (Fsp3) is 0.500. The number of halogens is 1. The highest BCUT2D eigenvalue weighted by atomic mass is 19.1. The molecule has 0 saturated heterocycles. The van der Waals surface area contributed by atoms with Gasteiger partial charge in [0.25, 0.3) is 0 Å². The van der Waals surface area contributed by atoms with Crippen molar-refractivity contribution in [2.75, 3.05) is 13.1 Å². The minimum Gasteiger partial charge on any atom is -0.480 e. The molecule has 0 radical (unpaired) electrons. The molecule has 0 spiro atoms. The van der Waals surface area contributed by atoms with Crippen LogP contribution in [0.4, 0.5) is 4.39 Å². The third-order valence-corrected chi connectivity index (χ3v) is 2.84. The second-order valence-electron chi connectivity index (χ2n) is 4.94. The van der Waals surface area contributed by atoms with E-state index in [2.05, 4.69) is 0 Å². The molecule has 1 unspecified atom stereocenters. The first-order chi connectivity index (χ1) is 8.40. The molecule has 0 amide bonds. The number of carbonyl (C=O) groups is 1. The van der Waals surface area contributed by atoms with Crippen LogP contribution in [0.3, 0.4) is 0 Å². The third kappa shape index (κ3) is 4.45. The molecule has 0 saturated carbocycles. The highest BCUT2D eigenvalue weighted by Crippen LogP contribution is 2.21. The van der Waals surface area contributed by atoms with E-state index in [0.29, 0.717) is 12.5 Å². The van der Waals surface area contributed by atoms with Gasteiger partial charge >= 0.3 is 5.97 Å². The van der Waals surface area contributed by atoms with Gasteiger partial charge in [-0.3, -0.25) is 9.69 Å². The van der Waals surface area contributed by atoms with Crippen molar-refractivity contribution in [2.24, 2.45) is 5.92 Å². The molecule has 100 valence electrons. The normalized spacial score (nSPS) is 13.0. The molecule has 18 heavy (non-hydrogen) atoms. The van der Waals surface area contributed by atoms with E-state index >= 15 is 0 Å². The molecule has 0 aliphatic heterocycles. The molecule has 0 aliphatic rings. The fourth-order valence-electron chi connectivity index (χ4n) is 1.95. The van der Waals surface area contributed by atoms with Crippen LogP contribution in [-0.4, -0.2) is 29.1 Å². The van der Waals surface area contributed by atoms with Gasteiger partial charge in [-0.15, -0.1) is 0 Å². The van der Waals surface area contributed by atoms with Crippen LogP contribution in [0, 0.1) is 11.7 Å². The molecule has 0 heterocycles. The van der Waals surface area contributed by atoms with E-state index in [4.69, 9.17) is 5.11 Å². The molecule has 0 aromatic heterocycles. The summed E-state index contributed by atoms with van der Waals surface area (Å²) in [6.07, 6.45) is 0. The summed E-state index contributed by atoms with van der Waals surface area (Å²) in [6, 6.07) is 6.18. The van der Waals surface area contributed by atoms with E-state index in [1.54, 1.807) is 12.1 Å². The van der Waals surface area contributed by atoms with Crippen LogP contribution < -0.4 is 0 Å². The highest BCUT2D eigenvalue weighted by molar-refractivity contribution is 5.69. The first-order valence-corrected chi connectivity index (χ1v) is 6.11. The van der Waals surface area contributed by atoms with Crippen molar-refractivity contribution in [3.05, 3.63) is 35.6 Å². The van der Waals surface area contributed by atoms with E-state index in [9.17, 15) is 9.18 Å². The Kier molecular flexibility index (Phi) is 5.28. The Bertz CT molecular complexity index is 389. The molecule has 1 atom stereocenters. The number of hydrogen-bond donors (Lipinski definition) is 1. The lowest BCUT2D eigenvalue weighted by atomic mass is 10.1. The second-order valence-corrected chi connectivity index (χ2v) is 4.94. The van der Waals surface area contributed by atoms with E-state index < -0.39 is 5.97 Å². The van der Waals surface area contributed by atoms with Gasteiger partial charge in [0, 0.05) is 12.6 Å². The summed E-state index contributed by atoms with van der Waals surface area (Å²) in [7, 11) is 0. The minimum absolute atomic E-state index is 0.00325. The zero-order valence-electron chi connectivity index (χ0n) is 11.1. The van der Waals surface area contributed by atoms with Crippen molar-refractivity contribution in [3.63, 3.8) is 0 Å². The van der Waals surface area contributed by atoms with Crippen LogP contribution in [0.15, 0.2) is 24.3 Å². The molecule has 1 rings (SSSR count). The Balaban J connectivity index is 2.83. The van der Waals surface area contributed by atoms with E-state index in [-0.39, 0.29) is 18.4 Å². The number of nitrogens with zero attached hydrogens (tertiary/aromatic N) is 1. The first-order valence-electron chi connectivity index (χ1n) is 6.11. The number of aliphatic carboxylic acids is 1. The van der Waals surface area contributed by atoms with Crippen LogP contribution >= 0.6 is 0 Å². The smallest absolute Gasteiger partial charge is 0.317 e. The van der Waals surface area contributed by atoms with Crippen molar-refractivity contribution >= 4 is 5.97 Å². The van der Waals surface area contributed by atoms with Crippen LogP contribution in [0.5, 0.6) is 0 Å². The standard InChI is InChI=1S/C14H20FNO2/c1-10(2)8-16(9-14(17)18)11(3)12-4-6-13(15)7-5-12/h4-7,10-11H,8-9H2,1-3H3,(H,17,18). The Hall–Kier alpha value is -1.42. The molecule has 4 heteroatoms. The number of carboxylic acids is 1. The van der Waals surface area contributed by atoms with Crippen molar-refractivity contribution in [3.8, 4) is 0 Å². The fourth-order valence-corrected chi connectivity index (χ4v) is 1.95. The van der Waals surface area contributed by atoms with Crippen LogP contribution in [0.1, 0.15) is 32.4 Å². The van der Waals surface area contributed by atoms with Gasteiger partial charge in [0.15, 0.2) is 0 Å². The molecule has 0 aliphatic carbocycles. The number of rotatable bonds is 6. The lowest BCUT2D eigenvalue weighted by Crippen LogP contribution is -2.35. The van der Waals surface area contributed by atoms with E-state index in [0.717, 1.165) is 5.56 Å². The van der Waals surface area contributed by atoms with Gasteiger partial charge in [0.2, 0.25) is 0 Å². The van der Waals surface area contributed by atoms with Gasteiger partial charge in [-0.2, -0.15) is 0 Å². The zero-order chi connectivity index (χ0) is 13.7. The summed E-state index contributed by atoms with van der Waals surface area (Å²) >= 11 is 0. The topological polar surface area (TPSA) is 40.5 Å². The summed E-state index contributed by atoms with van der Waals surface area (Å²) in [5.74, 6) is -0.739. The molecule has 1 aromatic rings. The minimum atomic E-state index is -0.843. The van der Waals surface area contributed by atoms with Gasteiger partial charge in [-0.1, -0.05) is 26.0 Å². The summed E-state index contributed by atoms with van der Waals surface area (Å²) in [6.45, 7) is 6.73. The maximum Gasteiger partial charge on any atom is 0.317 e. The van der Waals surface area contributed by atoms with E-state index in [1.165, 1.54) is 12.1 Å². The van der Waals surface area contributed by atoms with Crippen LogP contribution in [0.2, 0.25) is 0 Å². The van der Waals surface area contributed by atoms with Gasteiger partial charge < -0.3 is 5.11 Å². The maximum atomic E-state index is 12.9. The average molecular weight is 253 g/mol. The van der Waals surface area contributed by atoms with Crippen molar-refractivity contribution < 1.29 is 14.3 Å². The molecular weight excluding hydrogens is 233 g/mol. The van der Waals surface area contributed by atoms with Crippen molar-refractivity contribution in [1.29, 1.82) is 0 Å². The Morgan fingerprint density at radius 1 is 1.28 bits per heavy atom. The lowest BCUT2D eigenvalue weighted by Gasteiger charge is -2.29. The summed E-state index contributed by atoms with van der Waals surface area (Å²) in [4.78, 5) is 12.8. The Labute approximate surface area is 107 Å². The third-order valence-electron chi connectivity index (χ3n) is 2.84. The number of carboxylic acid groups (broad SMARTS) is 1. The highest BCUT2D eigenvalue weighted by Gasteiger charge is 2.19. The van der Waals surface area contributed by atoms with Gasteiger partial charge in [-0.25, -0.2) is 4.39 Å². The largest absolute Gasteiger partial charge is 0.480 e. The Morgan fingerprint density at radius 3 is 2.28 bits per heavy atom. The average Bonchev–Trinajstić information content (AvgIpc) is 2.27. The SMILES string of the molecule is CC(C)CN(CC(=O)O)C(C)c1ccc(F)cc1. The summed E-state index contributed by atoms with van der Waals surface area (Å²) in [5.41, 5.74) is 0.929. The Morgan fingerprint density at radius 2 is 1.83 bits per heavy atom. The summed E-state index contributed by atoms with van der Waals surface area (Å²) in [5, 5.41) is 8.94.